The average molecular weight is 225 g/mol. The molecule has 0 aromatic heterocycles. The minimum absolute atomic E-state index is 0.130. The number of rotatable bonds is 1. The van der Waals surface area contributed by atoms with Crippen molar-refractivity contribution in [3.63, 3.8) is 0 Å². The van der Waals surface area contributed by atoms with Gasteiger partial charge in [0, 0.05) is 10.6 Å². The normalized spacial score (nSPS) is 12.1. The summed E-state index contributed by atoms with van der Waals surface area (Å²) in [5.74, 6) is 6.63. The third-order valence-corrected chi connectivity index (χ3v) is 2.82. The van der Waals surface area contributed by atoms with Crippen molar-refractivity contribution in [2.45, 2.75) is 19.1 Å². The van der Waals surface area contributed by atoms with Gasteiger partial charge in [0.15, 0.2) is 0 Å². The zero-order valence-corrected chi connectivity index (χ0v) is 9.94. The molecule has 0 saturated carbocycles. The average Bonchev–Trinajstić information content (AvgIpc) is 2.16. The second kappa shape index (κ2) is 5.34. The van der Waals surface area contributed by atoms with Crippen LogP contribution in [0.4, 0.5) is 0 Å². The van der Waals surface area contributed by atoms with Crippen LogP contribution in [0.2, 0.25) is 5.02 Å². The van der Waals surface area contributed by atoms with E-state index in [0.717, 1.165) is 10.6 Å². The zero-order valence-electron chi connectivity index (χ0n) is 8.29. The lowest BCUT2D eigenvalue weighted by Crippen LogP contribution is -2.03. The summed E-state index contributed by atoms with van der Waals surface area (Å²) in [6.07, 6.45) is 0. The van der Waals surface area contributed by atoms with E-state index < -0.39 is 0 Å². The van der Waals surface area contributed by atoms with E-state index in [1.54, 1.807) is 0 Å². The molecule has 0 nitrogen and oxygen atoms in total. The van der Waals surface area contributed by atoms with Gasteiger partial charge < -0.3 is 0 Å². The highest BCUT2D eigenvalue weighted by Gasteiger charge is 2.02. The van der Waals surface area contributed by atoms with E-state index in [-0.39, 0.29) is 5.25 Å². The molecule has 0 saturated heterocycles. The molecule has 1 aromatic rings. The maximum Gasteiger partial charge on any atom is 0.0653 e. The Labute approximate surface area is 96.1 Å². The predicted molar refractivity (Wildman–Crippen MR) is 65.9 cm³/mol. The molecule has 0 heterocycles. The molecule has 2 heteroatoms. The van der Waals surface area contributed by atoms with Crippen molar-refractivity contribution < 1.29 is 0 Å². The minimum Gasteiger partial charge on any atom is -0.162 e. The summed E-state index contributed by atoms with van der Waals surface area (Å²) in [4.78, 5) is 0. The summed E-state index contributed by atoms with van der Waals surface area (Å²) in [6.45, 7) is 4.21. The topological polar surface area (TPSA) is 0 Å². The summed E-state index contributed by atoms with van der Waals surface area (Å²) < 4.78 is 0. The molecule has 14 heavy (non-hydrogen) atoms. The van der Waals surface area contributed by atoms with Crippen LogP contribution in [-0.4, -0.2) is 5.25 Å². The van der Waals surface area contributed by atoms with E-state index in [1.807, 2.05) is 24.3 Å². The molecule has 0 aliphatic rings. The highest BCUT2D eigenvalue weighted by molar-refractivity contribution is 7.81. The van der Waals surface area contributed by atoms with E-state index >= 15 is 0 Å². The van der Waals surface area contributed by atoms with Crippen molar-refractivity contribution in [1.29, 1.82) is 0 Å². The SMILES string of the molecule is CC(C)C(S)C#Cc1ccc(Cl)cc1. The van der Waals surface area contributed by atoms with Crippen molar-refractivity contribution in [3.05, 3.63) is 34.9 Å². The molecule has 0 aliphatic heterocycles. The summed E-state index contributed by atoms with van der Waals surface area (Å²) >= 11 is 10.1. The summed E-state index contributed by atoms with van der Waals surface area (Å²) in [6, 6.07) is 7.51. The van der Waals surface area contributed by atoms with E-state index in [4.69, 9.17) is 11.6 Å². The van der Waals surface area contributed by atoms with Crippen LogP contribution >= 0.6 is 24.2 Å². The van der Waals surface area contributed by atoms with Crippen molar-refractivity contribution in [2.75, 3.05) is 0 Å². The van der Waals surface area contributed by atoms with Crippen molar-refractivity contribution >= 4 is 24.2 Å². The molecular weight excluding hydrogens is 212 g/mol. The summed E-state index contributed by atoms with van der Waals surface area (Å²) in [5.41, 5.74) is 0.981. The lowest BCUT2D eigenvalue weighted by Gasteiger charge is -2.05. The fraction of sp³-hybridized carbons (Fsp3) is 0.333. The standard InChI is InChI=1S/C12H13ClS/c1-9(2)12(14)8-5-10-3-6-11(13)7-4-10/h3-4,6-7,9,12,14H,1-2H3. The van der Waals surface area contributed by atoms with Gasteiger partial charge in [0.2, 0.25) is 0 Å². The Morgan fingerprint density at radius 3 is 2.29 bits per heavy atom. The number of benzene rings is 1. The van der Waals surface area contributed by atoms with Gasteiger partial charge in [-0.2, -0.15) is 12.6 Å². The lowest BCUT2D eigenvalue weighted by molar-refractivity contribution is 0.693. The van der Waals surface area contributed by atoms with Crippen LogP contribution in [0, 0.1) is 17.8 Å². The van der Waals surface area contributed by atoms with Crippen LogP contribution in [0.25, 0.3) is 0 Å². The maximum atomic E-state index is 5.76. The summed E-state index contributed by atoms with van der Waals surface area (Å²) in [5, 5.41) is 0.868. The maximum absolute atomic E-state index is 5.76. The Kier molecular flexibility index (Phi) is 4.38. The molecule has 1 atom stereocenters. The van der Waals surface area contributed by atoms with Gasteiger partial charge in [-0.3, -0.25) is 0 Å². The number of thiol groups is 1. The van der Waals surface area contributed by atoms with Crippen LogP contribution < -0.4 is 0 Å². The van der Waals surface area contributed by atoms with Crippen LogP contribution in [0.5, 0.6) is 0 Å². The van der Waals surface area contributed by atoms with Gasteiger partial charge >= 0.3 is 0 Å². The van der Waals surface area contributed by atoms with E-state index in [1.165, 1.54) is 0 Å². The highest BCUT2D eigenvalue weighted by Crippen LogP contribution is 2.10. The molecule has 1 rings (SSSR count). The first-order valence-corrected chi connectivity index (χ1v) is 5.44. The van der Waals surface area contributed by atoms with Gasteiger partial charge in [0.1, 0.15) is 0 Å². The number of halogens is 1. The molecule has 0 radical (unpaired) electrons. The van der Waals surface area contributed by atoms with E-state index in [0.29, 0.717) is 5.92 Å². The highest BCUT2D eigenvalue weighted by atomic mass is 35.5. The Morgan fingerprint density at radius 1 is 1.21 bits per heavy atom. The van der Waals surface area contributed by atoms with E-state index in [9.17, 15) is 0 Å². The molecule has 74 valence electrons. The Morgan fingerprint density at radius 2 is 1.79 bits per heavy atom. The zero-order chi connectivity index (χ0) is 10.6. The van der Waals surface area contributed by atoms with Gasteiger partial charge in [-0.15, -0.1) is 0 Å². The molecule has 0 amide bonds. The second-order valence-corrected chi connectivity index (χ2v) is 4.46. The van der Waals surface area contributed by atoms with E-state index in [2.05, 4.69) is 38.3 Å². The van der Waals surface area contributed by atoms with Gasteiger partial charge in [-0.1, -0.05) is 37.3 Å². The molecule has 1 aromatic carbocycles. The first-order chi connectivity index (χ1) is 6.59. The molecule has 1 unspecified atom stereocenters. The Bertz CT molecular complexity index is 343. The second-order valence-electron chi connectivity index (χ2n) is 3.47. The van der Waals surface area contributed by atoms with Gasteiger partial charge in [-0.25, -0.2) is 0 Å². The largest absolute Gasteiger partial charge is 0.162 e. The first kappa shape index (κ1) is 11.5. The van der Waals surface area contributed by atoms with Gasteiger partial charge in [-0.05, 0) is 30.2 Å². The Hall–Kier alpha value is -0.580. The molecule has 0 bridgehead atoms. The third kappa shape index (κ3) is 3.65. The minimum atomic E-state index is 0.130. The fourth-order valence-corrected chi connectivity index (χ4v) is 1.05. The molecule has 0 N–H and O–H groups in total. The van der Waals surface area contributed by atoms with Gasteiger partial charge in [0.05, 0.1) is 5.25 Å². The molecule has 0 fully saturated rings. The molecule has 0 spiro atoms. The number of hydrogen-bond acceptors (Lipinski definition) is 1. The van der Waals surface area contributed by atoms with Crippen molar-refractivity contribution in [2.24, 2.45) is 5.92 Å². The van der Waals surface area contributed by atoms with Crippen LogP contribution in [0.15, 0.2) is 24.3 Å². The number of hydrogen-bond donors (Lipinski definition) is 1. The fourth-order valence-electron chi connectivity index (χ4n) is 0.857. The van der Waals surface area contributed by atoms with Gasteiger partial charge in [0.25, 0.3) is 0 Å². The monoisotopic (exact) mass is 224 g/mol. The summed E-state index contributed by atoms with van der Waals surface area (Å²) in [7, 11) is 0. The quantitative estimate of drug-likeness (QED) is 0.547. The van der Waals surface area contributed by atoms with Crippen molar-refractivity contribution in [3.8, 4) is 11.8 Å². The van der Waals surface area contributed by atoms with Crippen molar-refractivity contribution in [1.82, 2.24) is 0 Å². The van der Waals surface area contributed by atoms with Crippen LogP contribution in [0.3, 0.4) is 0 Å². The van der Waals surface area contributed by atoms with Crippen LogP contribution in [-0.2, 0) is 0 Å². The smallest absolute Gasteiger partial charge is 0.0653 e. The molecular formula is C12H13ClS. The third-order valence-electron chi connectivity index (χ3n) is 1.84. The predicted octanol–water partition coefficient (Wildman–Crippen LogP) is 3.65. The first-order valence-electron chi connectivity index (χ1n) is 4.55. The van der Waals surface area contributed by atoms with Crippen LogP contribution in [0.1, 0.15) is 19.4 Å². The Balaban J connectivity index is 2.73. The lowest BCUT2D eigenvalue weighted by atomic mass is 10.1. The molecule has 0 aliphatic carbocycles.